The third-order valence-electron chi connectivity index (χ3n) is 7.29. The molecule has 2 aromatic heterocycles. The molecule has 17 heteroatoms. The number of aliphatic carboxylic acids is 1. The predicted molar refractivity (Wildman–Crippen MR) is 173 cm³/mol. The molecule has 3 amide bonds. The van der Waals surface area contributed by atoms with E-state index in [1.807, 2.05) is 41.2 Å². The van der Waals surface area contributed by atoms with Crippen LogP contribution >= 0.6 is 11.6 Å². The fraction of sp³-hybridized carbons (Fsp3) is 0.226. The molecule has 2 aromatic carbocycles. The zero-order valence-corrected chi connectivity index (χ0v) is 25.9. The number of amides is 3. The molecule has 2 aliphatic rings. The van der Waals surface area contributed by atoms with Crippen LogP contribution in [0.3, 0.4) is 0 Å². The van der Waals surface area contributed by atoms with E-state index in [0.29, 0.717) is 28.0 Å². The third kappa shape index (κ3) is 7.90. The first-order chi connectivity index (χ1) is 22.9. The van der Waals surface area contributed by atoms with E-state index in [1.54, 1.807) is 35.4 Å². The molecule has 1 saturated heterocycles. The summed E-state index contributed by atoms with van der Waals surface area (Å²) in [5.41, 5.74) is 3.11. The number of piperidine rings is 1. The molecule has 4 aromatic rings. The van der Waals surface area contributed by atoms with Crippen molar-refractivity contribution in [3.63, 3.8) is 0 Å². The Labute approximate surface area is 277 Å². The Hall–Kier alpha value is -5.48. The summed E-state index contributed by atoms with van der Waals surface area (Å²) in [4.78, 5) is 47.3. The molecule has 48 heavy (non-hydrogen) atoms. The van der Waals surface area contributed by atoms with E-state index in [0.717, 1.165) is 37.2 Å². The molecule has 1 fully saturated rings. The van der Waals surface area contributed by atoms with Crippen LogP contribution in [0.1, 0.15) is 24.4 Å². The van der Waals surface area contributed by atoms with Crippen LogP contribution in [0.15, 0.2) is 79.6 Å². The molecule has 6 rings (SSSR count). The number of anilines is 6. The first-order valence-corrected chi connectivity index (χ1v) is 14.9. The van der Waals surface area contributed by atoms with Crippen LogP contribution in [0.5, 0.6) is 0 Å². The van der Waals surface area contributed by atoms with E-state index in [4.69, 9.17) is 26.5 Å². The molecule has 4 N–H and O–H groups in total. The van der Waals surface area contributed by atoms with E-state index in [9.17, 15) is 22.8 Å². The number of rotatable bonds is 7. The minimum absolute atomic E-state index is 0.264. The maximum Gasteiger partial charge on any atom is 0.490 e. The van der Waals surface area contributed by atoms with E-state index in [1.165, 1.54) is 11.0 Å². The van der Waals surface area contributed by atoms with Crippen molar-refractivity contribution < 1.29 is 32.7 Å². The molecule has 13 nitrogen and oxygen atoms in total. The van der Waals surface area contributed by atoms with E-state index in [2.05, 4.69) is 32.6 Å². The van der Waals surface area contributed by atoms with Gasteiger partial charge in [-0.05, 0) is 62.3 Å². The molecule has 0 aliphatic carbocycles. The van der Waals surface area contributed by atoms with E-state index >= 15 is 0 Å². The number of urea groups is 1. The first-order valence-electron chi connectivity index (χ1n) is 14.5. The first kappa shape index (κ1) is 33.9. The Kier molecular flexibility index (Phi) is 10.2. The summed E-state index contributed by atoms with van der Waals surface area (Å²) in [7, 11) is 0. The lowest BCUT2D eigenvalue weighted by Crippen LogP contribution is -2.45. The minimum atomic E-state index is -5.08. The Morgan fingerprint density at radius 3 is 2.44 bits per heavy atom. The number of carbonyl (C=O) groups excluding carboxylic acids is 2. The Balaban J connectivity index is 0.000000582. The van der Waals surface area contributed by atoms with Gasteiger partial charge in [0.2, 0.25) is 11.9 Å². The van der Waals surface area contributed by atoms with E-state index < -0.39 is 12.1 Å². The molecule has 0 saturated carbocycles. The monoisotopic (exact) mass is 683 g/mol. The van der Waals surface area contributed by atoms with Gasteiger partial charge in [-0.25, -0.2) is 19.5 Å². The van der Waals surface area contributed by atoms with E-state index in [-0.39, 0.29) is 30.5 Å². The Bertz CT molecular complexity index is 1810. The molecule has 0 bridgehead atoms. The molecule has 4 heterocycles. The lowest BCUT2D eigenvalue weighted by Gasteiger charge is -2.36. The van der Waals surface area contributed by atoms with Gasteiger partial charge in [0, 0.05) is 23.1 Å². The highest BCUT2D eigenvalue weighted by Gasteiger charge is 2.38. The predicted octanol–water partition coefficient (Wildman–Crippen LogP) is 6.03. The zero-order valence-electron chi connectivity index (χ0n) is 25.1. The number of carbonyl (C=O) groups is 3. The number of alkyl halides is 3. The van der Waals surface area contributed by atoms with Gasteiger partial charge in [-0.1, -0.05) is 42.4 Å². The maximum absolute atomic E-state index is 14.0. The van der Waals surface area contributed by atoms with Gasteiger partial charge in [0.25, 0.3) is 0 Å². The highest BCUT2D eigenvalue weighted by Crippen LogP contribution is 2.37. The van der Waals surface area contributed by atoms with Gasteiger partial charge < -0.3 is 21.1 Å². The molecule has 0 radical (unpaired) electrons. The summed E-state index contributed by atoms with van der Waals surface area (Å²) < 4.78 is 33.6. The number of halogens is 4. The lowest BCUT2D eigenvalue weighted by atomic mass is 10.1. The number of hydrogen-bond donors (Lipinski definition) is 4. The number of nitrogens with zero attached hydrogens (tertiary/aromatic N) is 6. The van der Waals surface area contributed by atoms with Crippen molar-refractivity contribution >= 4 is 64.0 Å². The molecular weight excluding hydrogens is 655 g/mol. The van der Waals surface area contributed by atoms with Gasteiger partial charge in [-0.2, -0.15) is 23.3 Å². The zero-order chi connectivity index (χ0) is 34.4. The summed E-state index contributed by atoms with van der Waals surface area (Å²) >= 11 is 6.48. The van der Waals surface area contributed by atoms with Crippen molar-refractivity contribution in [3.8, 4) is 0 Å². The standard InChI is InChI=1S/C29H28ClN9O2.C2HF3O2/c1-2-25(40)33-20-7-6-10-23(15-20)39-27-19(17-37(29(39)41)21-8-4-3-5-9-21)16-32-28(35-27)34-24-18-38(36-26(24)30)22-11-13-31-14-12-22;3-2(4,5)1(6)7/h2-10,15-16,18,22,31H,1,11-14,17H2,(H,33,40)(H,32,34,35);(H,6,7). The molecule has 2 aliphatic heterocycles. The van der Waals surface area contributed by atoms with Crippen LogP contribution in [0.4, 0.5) is 52.5 Å². The van der Waals surface area contributed by atoms with Crippen LogP contribution in [0.25, 0.3) is 0 Å². The van der Waals surface area contributed by atoms with Gasteiger partial charge in [0.1, 0.15) is 0 Å². The molecule has 250 valence electrons. The molecule has 0 spiro atoms. The Morgan fingerprint density at radius 1 is 1.08 bits per heavy atom. The van der Waals surface area contributed by atoms with Crippen molar-refractivity contribution in [2.24, 2.45) is 0 Å². The van der Waals surface area contributed by atoms with Crippen molar-refractivity contribution in [1.82, 2.24) is 25.1 Å². The van der Waals surface area contributed by atoms with Crippen molar-refractivity contribution in [2.45, 2.75) is 31.6 Å². The number of nitrogens with one attached hydrogen (secondary N) is 3. The van der Waals surface area contributed by atoms with Crippen molar-refractivity contribution in [1.29, 1.82) is 0 Å². The van der Waals surface area contributed by atoms with Gasteiger partial charge in [-0.15, -0.1) is 0 Å². The number of para-hydroxylation sites is 1. The van der Waals surface area contributed by atoms with Crippen molar-refractivity contribution in [3.05, 3.63) is 90.4 Å². The number of benzene rings is 2. The average molecular weight is 684 g/mol. The van der Waals surface area contributed by atoms with Crippen LogP contribution in [-0.2, 0) is 16.1 Å². The second kappa shape index (κ2) is 14.5. The fourth-order valence-electron chi connectivity index (χ4n) is 5.00. The average Bonchev–Trinajstić information content (AvgIpc) is 3.44. The number of carboxylic acid groups (broad SMARTS) is 1. The highest BCUT2D eigenvalue weighted by atomic mass is 35.5. The van der Waals surface area contributed by atoms with Crippen LogP contribution in [-0.4, -0.2) is 62.0 Å². The van der Waals surface area contributed by atoms with Gasteiger partial charge >= 0.3 is 18.2 Å². The van der Waals surface area contributed by atoms with Gasteiger partial charge in [-0.3, -0.25) is 14.4 Å². The molecule has 0 atom stereocenters. The summed E-state index contributed by atoms with van der Waals surface area (Å²) in [5.74, 6) is -2.41. The Morgan fingerprint density at radius 2 is 1.77 bits per heavy atom. The summed E-state index contributed by atoms with van der Waals surface area (Å²) in [6.45, 7) is 5.66. The summed E-state index contributed by atoms with van der Waals surface area (Å²) in [6, 6.07) is 16.4. The number of hydrogen-bond acceptors (Lipinski definition) is 8. The number of aromatic nitrogens is 4. The topological polar surface area (TPSA) is 158 Å². The summed E-state index contributed by atoms with van der Waals surface area (Å²) in [5, 5.41) is 21.2. The largest absolute Gasteiger partial charge is 0.490 e. The van der Waals surface area contributed by atoms with Crippen LogP contribution in [0, 0.1) is 0 Å². The van der Waals surface area contributed by atoms with Gasteiger partial charge in [0.15, 0.2) is 11.0 Å². The van der Waals surface area contributed by atoms with Crippen molar-refractivity contribution in [2.75, 3.05) is 33.5 Å². The fourth-order valence-corrected chi connectivity index (χ4v) is 5.19. The normalized spacial score (nSPS) is 14.8. The quantitative estimate of drug-likeness (QED) is 0.171. The molecule has 0 unspecified atom stereocenters. The number of carboxylic acids is 1. The second-order valence-corrected chi connectivity index (χ2v) is 10.9. The minimum Gasteiger partial charge on any atom is -0.475 e. The van der Waals surface area contributed by atoms with Crippen LogP contribution in [0.2, 0.25) is 5.15 Å². The second-order valence-electron chi connectivity index (χ2n) is 10.5. The van der Waals surface area contributed by atoms with Gasteiger partial charge in [0.05, 0.1) is 30.2 Å². The highest BCUT2D eigenvalue weighted by molar-refractivity contribution is 6.32. The maximum atomic E-state index is 14.0. The summed E-state index contributed by atoms with van der Waals surface area (Å²) in [6.07, 6.45) is 1.61. The van der Waals surface area contributed by atoms with Crippen LogP contribution < -0.4 is 25.8 Å². The lowest BCUT2D eigenvalue weighted by molar-refractivity contribution is -0.192. The molecular formula is C31H29ClF3N9O4. The SMILES string of the molecule is C=CC(=O)Nc1cccc(N2C(=O)N(c3ccccc3)Cc3cnc(Nc4cn(C5CCNCC5)nc4Cl)nc32)c1.O=C(O)C(F)(F)F. The number of fused-ring (bicyclic) bond motifs is 1. The smallest absolute Gasteiger partial charge is 0.475 e. The third-order valence-corrected chi connectivity index (χ3v) is 7.57.